The molecule has 0 radical (unpaired) electrons. The Bertz CT molecular complexity index is 670. The summed E-state index contributed by atoms with van der Waals surface area (Å²) in [7, 11) is 0. The normalized spacial score (nSPS) is 30.6. The van der Waals surface area contributed by atoms with Crippen LogP contribution in [0.5, 0.6) is 0 Å². The highest BCUT2D eigenvalue weighted by atomic mass is 16.7. The van der Waals surface area contributed by atoms with Crippen molar-refractivity contribution in [2.24, 2.45) is 0 Å². The summed E-state index contributed by atoms with van der Waals surface area (Å²) >= 11 is 0. The highest BCUT2D eigenvalue weighted by Crippen LogP contribution is 2.24. The summed E-state index contributed by atoms with van der Waals surface area (Å²) in [5.74, 6) is 0.479. The van der Waals surface area contributed by atoms with Crippen LogP contribution in [0.4, 0.5) is 0 Å². The number of furan rings is 1. The first-order valence-corrected chi connectivity index (χ1v) is 7.03. The zero-order valence-corrected chi connectivity index (χ0v) is 12.4. The van der Waals surface area contributed by atoms with Crippen LogP contribution in [0.15, 0.2) is 22.6 Å². The first kappa shape index (κ1) is 18.1. The molecular formula is C15H16N2O7. The van der Waals surface area contributed by atoms with Crippen LogP contribution in [0.3, 0.4) is 0 Å². The number of hydrogen-bond acceptors (Lipinski definition) is 9. The lowest BCUT2D eigenvalue weighted by molar-refractivity contribution is -0.304. The van der Waals surface area contributed by atoms with E-state index in [1.807, 2.05) is 6.07 Å². The maximum absolute atomic E-state index is 9.84. The molecule has 1 aromatic heterocycles. The molecule has 128 valence electrons. The average Bonchev–Trinajstić information content (AvgIpc) is 3.05. The van der Waals surface area contributed by atoms with Gasteiger partial charge in [-0.25, -0.2) is 0 Å². The fourth-order valence-electron chi connectivity index (χ4n) is 2.19. The van der Waals surface area contributed by atoms with Gasteiger partial charge < -0.3 is 34.3 Å². The number of allylic oxidation sites excluding steroid dienone is 2. The van der Waals surface area contributed by atoms with Gasteiger partial charge in [-0.2, -0.15) is 10.5 Å². The molecule has 1 fully saturated rings. The number of rotatable bonds is 5. The quantitative estimate of drug-likeness (QED) is 0.496. The maximum atomic E-state index is 9.84. The summed E-state index contributed by atoms with van der Waals surface area (Å²) in [5, 5.41) is 55.8. The van der Waals surface area contributed by atoms with Crippen molar-refractivity contribution < 1.29 is 34.3 Å². The maximum Gasteiger partial charge on any atom is 0.187 e. The standard InChI is InChI=1S/C15H16N2O7/c16-4-3-8(5-17)10-2-1-9(23-10)7-22-15-14(21)13(20)12(19)11(6-18)24-15/h1-3,11-15,18-21H,6-7H2/b8-3+/t11-,12-,13+,14-,15+/m1/s1. The second kappa shape index (κ2) is 8.04. The van der Waals surface area contributed by atoms with E-state index in [1.165, 1.54) is 12.1 Å². The largest absolute Gasteiger partial charge is 0.458 e. The molecule has 0 aliphatic carbocycles. The van der Waals surface area contributed by atoms with E-state index in [9.17, 15) is 15.3 Å². The second-order valence-electron chi connectivity index (χ2n) is 5.07. The molecule has 9 heteroatoms. The molecule has 5 atom stereocenters. The molecule has 0 aromatic carbocycles. The van der Waals surface area contributed by atoms with E-state index >= 15 is 0 Å². The van der Waals surface area contributed by atoms with Gasteiger partial charge in [0, 0.05) is 6.08 Å². The molecule has 0 amide bonds. The lowest BCUT2D eigenvalue weighted by Gasteiger charge is -2.39. The topological polar surface area (TPSA) is 160 Å². The van der Waals surface area contributed by atoms with Gasteiger partial charge in [-0.15, -0.1) is 0 Å². The number of aliphatic hydroxyl groups excluding tert-OH is 4. The minimum Gasteiger partial charge on any atom is -0.458 e. The minimum absolute atomic E-state index is 0.0524. The Morgan fingerprint density at radius 3 is 2.58 bits per heavy atom. The van der Waals surface area contributed by atoms with Crippen molar-refractivity contribution in [1.82, 2.24) is 0 Å². The lowest BCUT2D eigenvalue weighted by Crippen LogP contribution is -2.59. The van der Waals surface area contributed by atoms with Gasteiger partial charge in [0.05, 0.1) is 12.7 Å². The number of nitriles is 2. The summed E-state index contributed by atoms with van der Waals surface area (Å²) in [6.45, 7) is -0.714. The number of nitrogens with zero attached hydrogens (tertiary/aromatic N) is 2. The molecule has 0 unspecified atom stereocenters. The first-order valence-electron chi connectivity index (χ1n) is 7.03. The van der Waals surface area contributed by atoms with Gasteiger partial charge in [-0.3, -0.25) is 0 Å². The molecule has 1 aromatic rings. The minimum atomic E-state index is -1.53. The van der Waals surface area contributed by atoms with Crippen molar-refractivity contribution in [3.8, 4) is 12.1 Å². The lowest BCUT2D eigenvalue weighted by atomic mass is 9.99. The molecule has 4 N–H and O–H groups in total. The highest BCUT2D eigenvalue weighted by molar-refractivity contribution is 5.75. The Labute approximate surface area is 137 Å². The number of ether oxygens (including phenoxy) is 2. The van der Waals surface area contributed by atoms with Gasteiger partial charge in [-0.1, -0.05) is 0 Å². The molecule has 1 aliphatic heterocycles. The van der Waals surface area contributed by atoms with Gasteiger partial charge >= 0.3 is 0 Å². The Hall–Kier alpha value is -2.24. The zero-order valence-electron chi connectivity index (χ0n) is 12.4. The van der Waals surface area contributed by atoms with Gasteiger partial charge in [0.15, 0.2) is 6.29 Å². The van der Waals surface area contributed by atoms with Crippen molar-refractivity contribution in [3.63, 3.8) is 0 Å². The fraction of sp³-hybridized carbons (Fsp3) is 0.467. The Morgan fingerprint density at radius 1 is 1.21 bits per heavy atom. The Morgan fingerprint density at radius 2 is 1.96 bits per heavy atom. The van der Waals surface area contributed by atoms with E-state index in [0.29, 0.717) is 5.76 Å². The molecule has 1 saturated heterocycles. The van der Waals surface area contributed by atoms with Crippen LogP contribution in [0, 0.1) is 22.7 Å². The smallest absolute Gasteiger partial charge is 0.187 e. The van der Waals surface area contributed by atoms with E-state index in [0.717, 1.165) is 6.08 Å². The summed E-state index contributed by atoms with van der Waals surface area (Å²) in [5.41, 5.74) is 0.0524. The van der Waals surface area contributed by atoms with Crippen molar-refractivity contribution in [3.05, 3.63) is 29.7 Å². The third-order valence-corrected chi connectivity index (χ3v) is 3.49. The third kappa shape index (κ3) is 3.80. The first-order chi connectivity index (χ1) is 11.5. The third-order valence-electron chi connectivity index (χ3n) is 3.49. The molecule has 0 spiro atoms. The van der Waals surface area contributed by atoms with Crippen LogP contribution in [0.1, 0.15) is 11.5 Å². The molecule has 9 nitrogen and oxygen atoms in total. The number of hydrogen-bond donors (Lipinski definition) is 4. The summed E-state index contributed by atoms with van der Waals surface area (Å²) in [4.78, 5) is 0. The molecule has 2 rings (SSSR count). The molecule has 0 saturated carbocycles. The van der Waals surface area contributed by atoms with Crippen LogP contribution < -0.4 is 0 Å². The Kier molecular flexibility index (Phi) is 6.06. The molecule has 2 heterocycles. The van der Waals surface area contributed by atoms with E-state index in [2.05, 4.69) is 0 Å². The Balaban J connectivity index is 2.01. The monoisotopic (exact) mass is 336 g/mol. The van der Waals surface area contributed by atoms with E-state index < -0.39 is 37.3 Å². The SMILES string of the molecule is N#C/C=C(\C#N)c1ccc(CO[C@H]2O[C@H](CO)[C@@H](O)[C@H](O)[C@H]2O)o1. The molecule has 1 aliphatic rings. The van der Waals surface area contributed by atoms with E-state index in [1.54, 1.807) is 6.07 Å². The zero-order chi connectivity index (χ0) is 17.7. The van der Waals surface area contributed by atoms with Crippen LogP contribution >= 0.6 is 0 Å². The fourth-order valence-corrected chi connectivity index (χ4v) is 2.19. The van der Waals surface area contributed by atoms with Crippen LogP contribution in [-0.2, 0) is 16.1 Å². The van der Waals surface area contributed by atoms with Crippen LogP contribution in [-0.4, -0.2) is 57.7 Å². The predicted octanol–water partition coefficient (Wildman–Crippen LogP) is -0.973. The van der Waals surface area contributed by atoms with Gasteiger partial charge in [-0.05, 0) is 12.1 Å². The van der Waals surface area contributed by atoms with Crippen molar-refractivity contribution in [2.75, 3.05) is 6.61 Å². The average molecular weight is 336 g/mol. The van der Waals surface area contributed by atoms with Crippen molar-refractivity contribution in [1.29, 1.82) is 10.5 Å². The van der Waals surface area contributed by atoms with Gasteiger partial charge in [0.25, 0.3) is 0 Å². The summed E-state index contributed by atoms with van der Waals surface area (Å²) in [6, 6.07) is 6.55. The van der Waals surface area contributed by atoms with E-state index in [4.69, 9.17) is 29.5 Å². The van der Waals surface area contributed by atoms with Gasteiger partial charge in [0.2, 0.25) is 0 Å². The highest BCUT2D eigenvalue weighted by Gasteiger charge is 2.44. The van der Waals surface area contributed by atoms with E-state index in [-0.39, 0.29) is 17.9 Å². The molecular weight excluding hydrogens is 320 g/mol. The summed E-state index contributed by atoms with van der Waals surface area (Å²) in [6.07, 6.45) is -5.80. The molecule has 0 bridgehead atoms. The van der Waals surface area contributed by atoms with Crippen molar-refractivity contribution in [2.45, 2.75) is 37.3 Å². The summed E-state index contributed by atoms with van der Waals surface area (Å²) < 4.78 is 15.8. The molecule has 24 heavy (non-hydrogen) atoms. The predicted molar refractivity (Wildman–Crippen MR) is 76.5 cm³/mol. The second-order valence-corrected chi connectivity index (χ2v) is 5.07. The van der Waals surface area contributed by atoms with Crippen LogP contribution in [0.25, 0.3) is 5.57 Å². The van der Waals surface area contributed by atoms with Crippen LogP contribution in [0.2, 0.25) is 0 Å². The number of aliphatic hydroxyl groups is 4. The van der Waals surface area contributed by atoms with Crippen molar-refractivity contribution >= 4 is 5.57 Å². The van der Waals surface area contributed by atoms with Gasteiger partial charge in [0.1, 0.15) is 54.2 Å².